The second kappa shape index (κ2) is 4.71. The Hall–Kier alpha value is -0.990. The Morgan fingerprint density at radius 2 is 2.06 bits per heavy atom. The van der Waals surface area contributed by atoms with Crippen LogP contribution in [0.3, 0.4) is 0 Å². The molecule has 1 rings (SSSR count). The zero-order valence-electron chi connectivity index (χ0n) is 9.14. The number of aromatic nitrogens is 1. The summed E-state index contributed by atoms with van der Waals surface area (Å²) in [6.45, 7) is 2.37. The second-order valence-electron chi connectivity index (χ2n) is 3.81. The van der Waals surface area contributed by atoms with E-state index in [1.165, 1.54) is 32.2 Å². The highest BCUT2D eigenvalue weighted by atomic mass is 79.9. The van der Waals surface area contributed by atoms with Crippen LogP contribution >= 0.6 is 15.9 Å². The third kappa shape index (κ3) is 3.76. The number of sulfonamides is 1. The van der Waals surface area contributed by atoms with Crippen molar-refractivity contribution in [3.05, 3.63) is 22.8 Å². The summed E-state index contributed by atoms with van der Waals surface area (Å²) < 4.78 is 25.7. The maximum Gasteiger partial charge on any atom is 0.281 e. The highest BCUT2D eigenvalue weighted by Crippen LogP contribution is 2.12. The highest BCUT2D eigenvalue weighted by Gasteiger charge is 2.29. The second-order valence-corrected chi connectivity index (χ2v) is 6.35. The average molecular weight is 323 g/mol. The van der Waals surface area contributed by atoms with Gasteiger partial charge in [0.25, 0.3) is 15.9 Å². The molecule has 6 nitrogen and oxygen atoms in total. The summed E-state index contributed by atoms with van der Waals surface area (Å²) in [5.41, 5.74) is -1.78. The van der Waals surface area contributed by atoms with Crippen molar-refractivity contribution in [3.63, 3.8) is 0 Å². The fraction of sp³-hybridized carbons (Fsp3) is 0.333. The van der Waals surface area contributed by atoms with Gasteiger partial charge in [-0.05, 0) is 41.9 Å². The molecule has 0 fully saturated rings. The van der Waals surface area contributed by atoms with Gasteiger partial charge in [-0.15, -0.1) is 0 Å². The monoisotopic (exact) mass is 322 g/mol. The lowest BCUT2D eigenvalue weighted by atomic mass is 10.1. The molecule has 0 spiro atoms. The number of aliphatic hydroxyl groups is 1. The van der Waals surface area contributed by atoms with Crippen LogP contribution < -0.4 is 4.72 Å². The molecular weight excluding hydrogens is 312 g/mol. The largest absolute Gasteiger partial charge is 0.381 e. The number of amides is 1. The molecule has 1 heterocycles. The minimum absolute atomic E-state index is 0.293. The number of rotatable bonds is 3. The summed E-state index contributed by atoms with van der Waals surface area (Å²) >= 11 is 3.11. The molecule has 0 aromatic carbocycles. The summed E-state index contributed by atoms with van der Waals surface area (Å²) in [6.07, 6.45) is 1.29. The van der Waals surface area contributed by atoms with Gasteiger partial charge >= 0.3 is 0 Å². The third-order valence-electron chi connectivity index (χ3n) is 1.76. The van der Waals surface area contributed by atoms with Gasteiger partial charge in [0.2, 0.25) is 0 Å². The number of nitrogens with zero attached hydrogens (tertiary/aromatic N) is 1. The van der Waals surface area contributed by atoms with Crippen LogP contribution in [-0.4, -0.2) is 30.0 Å². The lowest BCUT2D eigenvalue weighted by Gasteiger charge is -2.16. The predicted octanol–water partition coefficient (Wildman–Crippen LogP) is 0.420. The molecule has 1 aromatic rings. The van der Waals surface area contributed by atoms with Gasteiger partial charge in [0.05, 0.1) is 0 Å². The molecule has 8 heteroatoms. The van der Waals surface area contributed by atoms with E-state index in [0.29, 0.717) is 4.47 Å². The summed E-state index contributed by atoms with van der Waals surface area (Å²) in [5.74, 6) is -1.01. The van der Waals surface area contributed by atoms with Crippen LogP contribution in [0.15, 0.2) is 27.8 Å². The Morgan fingerprint density at radius 1 is 1.47 bits per heavy atom. The molecule has 0 bridgehead atoms. The number of hydrogen-bond acceptors (Lipinski definition) is 5. The number of nitrogens with one attached hydrogen (secondary N) is 1. The van der Waals surface area contributed by atoms with Crippen LogP contribution in [0.25, 0.3) is 0 Å². The van der Waals surface area contributed by atoms with Crippen molar-refractivity contribution in [2.45, 2.75) is 24.5 Å². The average Bonchev–Trinajstić information content (AvgIpc) is 2.16. The molecule has 2 N–H and O–H groups in total. The maximum atomic E-state index is 11.7. The lowest BCUT2D eigenvalue weighted by Crippen LogP contribution is -2.44. The Balaban J connectivity index is 2.98. The van der Waals surface area contributed by atoms with Gasteiger partial charge in [0.15, 0.2) is 5.03 Å². The van der Waals surface area contributed by atoms with Crippen molar-refractivity contribution in [1.29, 1.82) is 0 Å². The van der Waals surface area contributed by atoms with E-state index in [1.807, 2.05) is 0 Å². The molecule has 94 valence electrons. The number of carbonyl (C=O) groups excluding carboxylic acids is 1. The van der Waals surface area contributed by atoms with E-state index in [-0.39, 0.29) is 5.03 Å². The Bertz CT molecular complexity index is 519. The number of halogens is 1. The van der Waals surface area contributed by atoms with Crippen molar-refractivity contribution in [3.8, 4) is 0 Å². The zero-order chi connectivity index (χ0) is 13.3. The van der Waals surface area contributed by atoms with Crippen LogP contribution in [-0.2, 0) is 14.8 Å². The van der Waals surface area contributed by atoms with Gasteiger partial charge in [0, 0.05) is 10.7 Å². The van der Waals surface area contributed by atoms with Crippen molar-refractivity contribution < 1.29 is 18.3 Å². The van der Waals surface area contributed by atoms with Crippen LogP contribution in [0.4, 0.5) is 0 Å². The quantitative estimate of drug-likeness (QED) is 0.840. The van der Waals surface area contributed by atoms with Crippen LogP contribution in [0.5, 0.6) is 0 Å². The van der Waals surface area contributed by atoms with Crippen molar-refractivity contribution in [2.24, 2.45) is 0 Å². The number of carbonyl (C=O) groups is 1. The summed E-state index contributed by atoms with van der Waals surface area (Å²) in [7, 11) is -4.05. The van der Waals surface area contributed by atoms with Gasteiger partial charge in [-0.2, -0.15) is 8.42 Å². The minimum atomic E-state index is -4.05. The van der Waals surface area contributed by atoms with E-state index in [9.17, 15) is 18.3 Å². The van der Waals surface area contributed by atoms with Crippen LogP contribution in [0.2, 0.25) is 0 Å². The molecular formula is C9H11BrN2O4S. The number of pyridine rings is 1. The van der Waals surface area contributed by atoms with E-state index >= 15 is 0 Å². The fourth-order valence-corrected chi connectivity index (χ4v) is 2.09. The summed E-state index contributed by atoms with van der Waals surface area (Å²) in [4.78, 5) is 15.0. The molecule has 0 saturated carbocycles. The molecule has 0 aliphatic carbocycles. The van der Waals surface area contributed by atoms with Gasteiger partial charge in [0.1, 0.15) is 5.60 Å². The molecule has 0 aliphatic heterocycles. The first-order valence-electron chi connectivity index (χ1n) is 4.54. The van der Waals surface area contributed by atoms with E-state index < -0.39 is 21.5 Å². The maximum absolute atomic E-state index is 11.7. The van der Waals surface area contributed by atoms with E-state index in [2.05, 4.69) is 20.9 Å². The molecule has 0 radical (unpaired) electrons. The smallest absolute Gasteiger partial charge is 0.281 e. The highest BCUT2D eigenvalue weighted by molar-refractivity contribution is 9.10. The van der Waals surface area contributed by atoms with Gasteiger partial charge in [-0.3, -0.25) is 4.79 Å². The van der Waals surface area contributed by atoms with Gasteiger partial charge in [-0.25, -0.2) is 9.71 Å². The SMILES string of the molecule is CC(C)(O)C(=O)NS(=O)(=O)c1ccc(Br)cn1. The third-order valence-corrected chi connectivity index (χ3v) is 3.47. The first kappa shape index (κ1) is 14.1. The standard InChI is InChI=1S/C9H11BrN2O4S/c1-9(2,14)8(13)12-17(15,16)7-4-3-6(10)5-11-7/h3-5,14H,1-2H3,(H,12,13). The van der Waals surface area contributed by atoms with E-state index in [4.69, 9.17) is 0 Å². The molecule has 0 saturated heterocycles. The minimum Gasteiger partial charge on any atom is -0.381 e. The molecule has 0 unspecified atom stereocenters. The topological polar surface area (TPSA) is 96.4 Å². The van der Waals surface area contributed by atoms with E-state index in [0.717, 1.165) is 0 Å². The molecule has 1 aromatic heterocycles. The van der Waals surface area contributed by atoms with Crippen molar-refractivity contribution >= 4 is 31.9 Å². The normalized spacial score (nSPS) is 12.2. The molecule has 1 amide bonds. The fourth-order valence-electron chi connectivity index (χ4n) is 0.820. The summed E-state index contributed by atoms with van der Waals surface area (Å²) in [6, 6.07) is 2.72. The Kier molecular flexibility index (Phi) is 3.90. The first-order chi connectivity index (χ1) is 7.63. The summed E-state index contributed by atoms with van der Waals surface area (Å²) in [5, 5.41) is 9.04. The van der Waals surface area contributed by atoms with Crippen molar-refractivity contribution in [1.82, 2.24) is 9.71 Å². The Morgan fingerprint density at radius 3 is 2.47 bits per heavy atom. The lowest BCUT2D eigenvalue weighted by molar-refractivity contribution is -0.134. The first-order valence-corrected chi connectivity index (χ1v) is 6.82. The van der Waals surface area contributed by atoms with E-state index in [1.54, 1.807) is 4.72 Å². The molecule has 17 heavy (non-hydrogen) atoms. The number of hydrogen-bond donors (Lipinski definition) is 2. The van der Waals surface area contributed by atoms with Crippen molar-refractivity contribution in [2.75, 3.05) is 0 Å². The van der Waals surface area contributed by atoms with Crippen LogP contribution in [0.1, 0.15) is 13.8 Å². The van der Waals surface area contributed by atoms with Gasteiger partial charge in [-0.1, -0.05) is 0 Å². The molecule has 0 aliphatic rings. The Labute approximate surface area is 107 Å². The van der Waals surface area contributed by atoms with Crippen LogP contribution in [0, 0.1) is 0 Å². The molecule has 0 atom stereocenters. The zero-order valence-corrected chi connectivity index (χ0v) is 11.5. The van der Waals surface area contributed by atoms with Gasteiger partial charge < -0.3 is 5.11 Å². The predicted molar refractivity (Wildman–Crippen MR) is 63.6 cm³/mol.